The molecule has 1 heterocycles. The van der Waals surface area contributed by atoms with E-state index in [4.69, 9.17) is 9.79 Å². The Morgan fingerprint density at radius 2 is 1.94 bits per heavy atom. The molecule has 0 saturated carbocycles. The summed E-state index contributed by atoms with van der Waals surface area (Å²) in [6.45, 7) is 6.11. The Hall–Kier alpha value is 0.0700. The molecule has 0 spiro atoms. The van der Waals surface area contributed by atoms with Crippen LogP contribution >= 0.6 is 7.60 Å². The molecule has 0 aromatic rings. The van der Waals surface area contributed by atoms with Crippen molar-refractivity contribution in [1.29, 1.82) is 0 Å². The minimum absolute atomic E-state index is 0.0121. The number of hydrogen-bond donors (Lipinski definition) is 3. The first-order chi connectivity index (χ1) is 8.03. The zero-order valence-corrected chi connectivity index (χ0v) is 11.5. The van der Waals surface area contributed by atoms with Crippen LogP contribution in [0.25, 0.3) is 0 Å². The molecular weight excluding hydrogens is 239 g/mol. The molecule has 0 bridgehead atoms. The lowest BCUT2D eigenvalue weighted by Crippen LogP contribution is -2.44. The highest BCUT2D eigenvalue weighted by molar-refractivity contribution is 7.51. The molecule has 0 aliphatic carbocycles. The molecule has 1 aliphatic heterocycles. The van der Waals surface area contributed by atoms with Gasteiger partial charge in [-0.2, -0.15) is 0 Å². The summed E-state index contributed by atoms with van der Waals surface area (Å²) in [6, 6.07) is 0.591. The smallest absolute Gasteiger partial charge is 0.324 e. The molecule has 1 aliphatic rings. The Balaban J connectivity index is 2.34. The van der Waals surface area contributed by atoms with Gasteiger partial charge < -0.3 is 20.0 Å². The lowest BCUT2D eigenvalue weighted by Gasteiger charge is -2.34. The van der Waals surface area contributed by atoms with Crippen molar-refractivity contribution in [2.45, 2.75) is 38.6 Å². The van der Waals surface area contributed by atoms with E-state index in [0.29, 0.717) is 12.5 Å². The molecule has 0 aromatic heterocycles. The minimum atomic E-state index is -3.82. The number of rotatable bonds is 7. The predicted octanol–water partition coefficient (Wildman–Crippen LogP) is 1.02. The molecule has 102 valence electrons. The van der Waals surface area contributed by atoms with Gasteiger partial charge in [-0.25, -0.2) is 0 Å². The Morgan fingerprint density at radius 1 is 1.29 bits per heavy atom. The predicted molar refractivity (Wildman–Crippen MR) is 69.3 cm³/mol. The van der Waals surface area contributed by atoms with Gasteiger partial charge in [0.15, 0.2) is 0 Å². The van der Waals surface area contributed by atoms with Crippen LogP contribution in [0.15, 0.2) is 0 Å². The fourth-order valence-corrected chi connectivity index (χ4v) is 2.97. The van der Waals surface area contributed by atoms with E-state index >= 15 is 0 Å². The lowest BCUT2D eigenvalue weighted by atomic mass is 10.0. The topological polar surface area (TPSA) is 72.8 Å². The monoisotopic (exact) mass is 264 g/mol. The first kappa shape index (κ1) is 15.1. The van der Waals surface area contributed by atoms with Gasteiger partial charge in [0.05, 0.1) is 6.16 Å². The highest BCUT2D eigenvalue weighted by Crippen LogP contribution is 2.34. The molecule has 1 fully saturated rings. The highest BCUT2D eigenvalue weighted by Gasteiger charge is 2.21. The standard InChI is InChI=1S/C11H25N2O3P/c1-2-8-13(9-3-10-17(14,15)16)11-4-6-12-7-5-11/h11-12H,2-10H2,1H3,(H2,14,15,16). The highest BCUT2D eigenvalue weighted by atomic mass is 31.2. The SMILES string of the molecule is CCCN(CCCP(=O)(O)O)C1CCNCC1. The summed E-state index contributed by atoms with van der Waals surface area (Å²) in [4.78, 5) is 20.1. The maximum absolute atomic E-state index is 10.8. The number of hydrogen-bond acceptors (Lipinski definition) is 3. The minimum Gasteiger partial charge on any atom is -0.324 e. The van der Waals surface area contributed by atoms with Crippen molar-refractivity contribution in [1.82, 2.24) is 10.2 Å². The Bertz CT molecular complexity index is 251. The zero-order chi connectivity index (χ0) is 12.7. The number of piperidine rings is 1. The van der Waals surface area contributed by atoms with Gasteiger partial charge in [0.2, 0.25) is 0 Å². The molecule has 6 heteroatoms. The third-order valence-electron chi connectivity index (χ3n) is 3.23. The third kappa shape index (κ3) is 6.53. The molecule has 5 nitrogen and oxygen atoms in total. The van der Waals surface area contributed by atoms with E-state index in [1.54, 1.807) is 0 Å². The summed E-state index contributed by atoms with van der Waals surface area (Å²) in [5.74, 6) is 0. The summed E-state index contributed by atoms with van der Waals surface area (Å²) in [5.41, 5.74) is 0. The van der Waals surface area contributed by atoms with Crippen molar-refractivity contribution < 1.29 is 14.4 Å². The third-order valence-corrected chi connectivity index (χ3v) is 4.13. The first-order valence-corrected chi connectivity index (χ1v) is 8.32. The van der Waals surface area contributed by atoms with Gasteiger partial charge in [-0.3, -0.25) is 4.57 Å². The molecule has 3 N–H and O–H groups in total. The summed E-state index contributed by atoms with van der Waals surface area (Å²) in [7, 11) is -3.82. The zero-order valence-electron chi connectivity index (χ0n) is 10.6. The fraction of sp³-hybridized carbons (Fsp3) is 1.00. The fourth-order valence-electron chi connectivity index (χ4n) is 2.42. The van der Waals surface area contributed by atoms with Crippen LogP contribution < -0.4 is 5.32 Å². The van der Waals surface area contributed by atoms with Gasteiger partial charge in [0.1, 0.15) is 0 Å². The van der Waals surface area contributed by atoms with Crippen LogP contribution in [-0.4, -0.2) is 53.1 Å². The Kier molecular flexibility index (Phi) is 6.67. The Morgan fingerprint density at radius 3 is 2.47 bits per heavy atom. The average molecular weight is 264 g/mol. The second-order valence-electron chi connectivity index (χ2n) is 4.76. The van der Waals surface area contributed by atoms with E-state index in [0.717, 1.165) is 45.4 Å². The molecule has 0 atom stereocenters. The molecule has 1 rings (SSSR count). The molecule has 0 radical (unpaired) electrons. The quantitative estimate of drug-likeness (QED) is 0.599. The first-order valence-electron chi connectivity index (χ1n) is 6.52. The van der Waals surface area contributed by atoms with Crippen molar-refractivity contribution in [3.63, 3.8) is 0 Å². The second kappa shape index (κ2) is 7.49. The molecule has 0 unspecified atom stereocenters. The Labute approximate surface area is 104 Å². The average Bonchev–Trinajstić information content (AvgIpc) is 2.27. The van der Waals surface area contributed by atoms with E-state index in [2.05, 4.69) is 17.1 Å². The van der Waals surface area contributed by atoms with Gasteiger partial charge >= 0.3 is 7.60 Å². The summed E-state index contributed by atoms with van der Waals surface area (Å²) in [6.07, 6.45) is 4.00. The van der Waals surface area contributed by atoms with E-state index in [1.807, 2.05) is 0 Å². The van der Waals surface area contributed by atoms with Crippen molar-refractivity contribution in [2.24, 2.45) is 0 Å². The molecule has 0 aromatic carbocycles. The van der Waals surface area contributed by atoms with Crippen LogP contribution in [0.3, 0.4) is 0 Å². The maximum Gasteiger partial charge on any atom is 0.325 e. The van der Waals surface area contributed by atoms with Crippen LogP contribution in [0.1, 0.15) is 32.6 Å². The van der Waals surface area contributed by atoms with Gasteiger partial charge in [-0.1, -0.05) is 6.92 Å². The second-order valence-corrected chi connectivity index (χ2v) is 6.54. The van der Waals surface area contributed by atoms with E-state index < -0.39 is 7.60 Å². The summed E-state index contributed by atoms with van der Waals surface area (Å²) in [5, 5.41) is 3.34. The van der Waals surface area contributed by atoms with Gasteiger partial charge in [0.25, 0.3) is 0 Å². The van der Waals surface area contributed by atoms with E-state index in [-0.39, 0.29) is 6.16 Å². The van der Waals surface area contributed by atoms with Crippen LogP contribution in [0, 0.1) is 0 Å². The summed E-state index contributed by atoms with van der Waals surface area (Å²) < 4.78 is 10.8. The van der Waals surface area contributed by atoms with Crippen LogP contribution in [-0.2, 0) is 4.57 Å². The number of nitrogens with one attached hydrogen (secondary N) is 1. The van der Waals surface area contributed by atoms with Crippen molar-refractivity contribution in [3.8, 4) is 0 Å². The van der Waals surface area contributed by atoms with E-state index in [9.17, 15) is 4.57 Å². The molecular formula is C11H25N2O3P. The lowest BCUT2D eigenvalue weighted by molar-refractivity contribution is 0.162. The van der Waals surface area contributed by atoms with Crippen LogP contribution in [0.4, 0.5) is 0 Å². The van der Waals surface area contributed by atoms with Gasteiger partial charge in [-0.05, 0) is 51.9 Å². The molecule has 0 amide bonds. The number of nitrogens with zero attached hydrogens (tertiary/aromatic N) is 1. The van der Waals surface area contributed by atoms with Gasteiger partial charge in [-0.15, -0.1) is 0 Å². The van der Waals surface area contributed by atoms with E-state index in [1.165, 1.54) is 0 Å². The van der Waals surface area contributed by atoms with Crippen molar-refractivity contribution in [3.05, 3.63) is 0 Å². The van der Waals surface area contributed by atoms with Crippen LogP contribution in [0.2, 0.25) is 0 Å². The summed E-state index contributed by atoms with van der Waals surface area (Å²) >= 11 is 0. The molecule has 1 saturated heterocycles. The van der Waals surface area contributed by atoms with Crippen molar-refractivity contribution in [2.75, 3.05) is 32.3 Å². The maximum atomic E-state index is 10.8. The molecule has 17 heavy (non-hydrogen) atoms. The van der Waals surface area contributed by atoms with Crippen molar-refractivity contribution >= 4 is 7.60 Å². The van der Waals surface area contributed by atoms with Crippen LogP contribution in [0.5, 0.6) is 0 Å². The normalized spacial score (nSPS) is 18.8. The van der Waals surface area contributed by atoms with Gasteiger partial charge in [0, 0.05) is 6.04 Å². The largest absolute Gasteiger partial charge is 0.325 e.